The number of aryl methyl sites for hydroxylation is 1. The second-order valence-electron chi connectivity index (χ2n) is 7.63. The number of carbonyl (C=O) groups is 1. The number of para-hydroxylation sites is 1. The van der Waals surface area contributed by atoms with Gasteiger partial charge >= 0.3 is 0 Å². The van der Waals surface area contributed by atoms with Crippen LogP contribution in [0.3, 0.4) is 0 Å². The molecule has 2 aromatic heterocycles. The molecule has 0 bridgehead atoms. The minimum absolute atomic E-state index is 0.00443. The van der Waals surface area contributed by atoms with Crippen molar-refractivity contribution in [2.45, 2.75) is 19.3 Å². The van der Waals surface area contributed by atoms with Crippen LogP contribution in [0.1, 0.15) is 22.4 Å². The van der Waals surface area contributed by atoms with Gasteiger partial charge in [-0.1, -0.05) is 23.7 Å². The lowest BCUT2D eigenvalue weighted by molar-refractivity contribution is -0.118. The number of nitrogens with zero attached hydrogens (tertiary/aromatic N) is 1. The highest BCUT2D eigenvalue weighted by molar-refractivity contribution is 7.16. The fourth-order valence-electron chi connectivity index (χ4n) is 3.82. The first-order valence-corrected chi connectivity index (χ1v) is 11.7. The van der Waals surface area contributed by atoms with E-state index >= 15 is 0 Å². The van der Waals surface area contributed by atoms with Gasteiger partial charge in [0.05, 0.1) is 16.0 Å². The number of carbonyl (C=O) groups excluding carboxylic acids is 1. The molecule has 5 rings (SSSR count). The molecule has 0 fully saturated rings. The Kier molecular flexibility index (Phi) is 5.97. The normalized spacial score (nSPS) is 12.2. The fourth-order valence-corrected chi connectivity index (χ4v) is 5.25. The van der Waals surface area contributed by atoms with E-state index in [-0.39, 0.29) is 29.3 Å². The topological polar surface area (TPSA) is 102 Å². The first kappa shape index (κ1) is 22.0. The van der Waals surface area contributed by atoms with Crippen molar-refractivity contribution in [1.82, 2.24) is 0 Å². The molecule has 2 aromatic carbocycles. The van der Waals surface area contributed by atoms with Crippen molar-refractivity contribution in [3.05, 3.63) is 80.0 Å². The Morgan fingerprint density at radius 2 is 2.06 bits per heavy atom. The third-order valence-electron chi connectivity index (χ3n) is 5.43. The van der Waals surface area contributed by atoms with Gasteiger partial charge in [-0.15, -0.1) is 11.3 Å². The van der Waals surface area contributed by atoms with Crippen molar-refractivity contribution >= 4 is 44.8 Å². The van der Waals surface area contributed by atoms with E-state index in [0.717, 1.165) is 29.7 Å². The Labute approximate surface area is 203 Å². The smallest absolute Gasteiger partial charge is 0.262 e. The SMILES string of the molecule is N#Cc1c(NC(=O)COc2ccc3c(=O)c(Oc4ccccc4Cl)coc3c2)sc2c1CCC2. The van der Waals surface area contributed by atoms with Gasteiger partial charge < -0.3 is 19.2 Å². The van der Waals surface area contributed by atoms with Gasteiger partial charge in [0.2, 0.25) is 11.2 Å². The molecule has 0 radical (unpaired) electrons. The quantitative estimate of drug-likeness (QED) is 0.371. The maximum Gasteiger partial charge on any atom is 0.262 e. The highest BCUT2D eigenvalue weighted by atomic mass is 35.5. The second-order valence-corrected chi connectivity index (χ2v) is 9.14. The molecule has 2 heterocycles. The van der Waals surface area contributed by atoms with Gasteiger partial charge in [-0.25, -0.2) is 0 Å². The molecule has 34 heavy (non-hydrogen) atoms. The molecule has 7 nitrogen and oxygen atoms in total. The zero-order valence-corrected chi connectivity index (χ0v) is 19.3. The zero-order valence-electron chi connectivity index (χ0n) is 17.7. The molecule has 0 saturated heterocycles. The van der Waals surface area contributed by atoms with Gasteiger partial charge in [-0.2, -0.15) is 5.26 Å². The van der Waals surface area contributed by atoms with Gasteiger partial charge in [0, 0.05) is 10.9 Å². The molecule has 0 spiro atoms. The van der Waals surface area contributed by atoms with Crippen LogP contribution in [-0.2, 0) is 17.6 Å². The van der Waals surface area contributed by atoms with E-state index in [9.17, 15) is 14.9 Å². The maximum absolute atomic E-state index is 12.8. The van der Waals surface area contributed by atoms with Gasteiger partial charge in [0.15, 0.2) is 6.61 Å². The molecule has 9 heteroatoms. The molecule has 170 valence electrons. The number of hydrogen-bond acceptors (Lipinski definition) is 7. The summed E-state index contributed by atoms with van der Waals surface area (Å²) in [7, 11) is 0. The minimum Gasteiger partial charge on any atom is -0.484 e. The van der Waals surface area contributed by atoms with Crippen LogP contribution < -0.4 is 20.2 Å². The van der Waals surface area contributed by atoms with Crippen LogP contribution in [0.15, 0.2) is 57.9 Å². The van der Waals surface area contributed by atoms with Crippen LogP contribution in [0.5, 0.6) is 17.2 Å². The molecule has 0 aliphatic heterocycles. The number of amides is 1. The van der Waals surface area contributed by atoms with Crippen LogP contribution >= 0.6 is 22.9 Å². The van der Waals surface area contributed by atoms with Crippen molar-refractivity contribution in [2.75, 3.05) is 11.9 Å². The summed E-state index contributed by atoms with van der Waals surface area (Å²) in [6.45, 7) is -0.253. The van der Waals surface area contributed by atoms with E-state index in [0.29, 0.717) is 32.5 Å². The van der Waals surface area contributed by atoms with Gasteiger partial charge in [0.25, 0.3) is 5.91 Å². The van der Waals surface area contributed by atoms with Crippen LogP contribution in [-0.4, -0.2) is 12.5 Å². The van der Waals surface area contributed by atoms with Crippen molar-refractivity contribution < 1.29 is 18.7 Å². The molecule has 0 atom stereocenters. The molecule has 4 aromatic rings. The Morgan fingerprint density at radius 3 is 2.88 bits per heavy atom. The van der Waals surface area contributed by atoms with Crippen LogP contribution in [0.4, 0.5) is 5.00 Å². The highest BCUT2D eigenvalue weighted by Crippen LogP contribution is 2.38. The van der Waals surface area contributed by atoms with Crippen molar-refractivity contribution in [1.29, 1.82) is 5.26 Å². The number of anilines is 1. The Balaban J connectivity index is 1.28. The van der Waals surface area contributed by atoms with Gasteiger partial charge in [-0.3, -0.25) is 9.59 Å². The van der Waals surface area contributed by atoms with Crippen molar-refractivity contribution in [3.63, 3.8) is 0 Å². The molecule has 0 saturated carbocycles. The van der Waals surface area contributed by atoms with Crippen LogP contribution in [0.25, 0.3) is 11.0 Å². The summed E-state index contributed by atoms with van der Waals surface area (Å²) in [6.07, 6.45) is 4.06. The van der Waals surface area contributed by atoms with Crippen molar-refractivity contribution in [2.24, 2.45) is 0 Å². The van der Waals surface area contributed by atoms with E-state index in [1.807, 2.05) is 0 Å². The van der Waals surface area contributed by atoms with E-state index < -0.39 is 0 Å². The summed E-state index contributed by atoms with van der Waals surface area (Å²) in [6, 6.07) is 13.7. The summed E-state index contributed by atoms with van der Waals surface area (Å²) in [5.74, 6) is 0.336. The lowest BCUT2D eigenvalue weighted by atomic mass is 10.1. The average Bonchev–Trinajstić information content (AvgIpc) is 3.41. The van der Waals surface area contributed by atoms with E-state index in [2.05, 4.69) is 11.4 Å². The summed E-state index contributed by atoms with van der Waals surface area (Å²) in [5, 5.41) is 13.5. The van der Waals surface area contributed by atoms with Crippen molar-refractivity contribution in [3.8, 4) is 23.3 Å². The monoisotopic (exact) mass is 492 g/mol. The Hall–Kier alpha value is -3.80. The first-order chi connectivity index (χ1) is 16.5. The molecule has 0 unspecified atom stereocenters. The Morgan fingerprint density at radius 1 is 1.21 bits per heavy atom. The number of nitriles is 1. The number of rotatable bonds is 6. The molecule has 1 aliphatic carbocycles. The molecule has 1 aliphatic rings. The standard InChI is InChI=1S/C25H17ClN2O5S/c26-18-5-1-2-6-19(18)33-21-12-32-20-10-14(8-9-16(20)24(21)30)31-13-23(29)28-25-17(11-27)15-4-3-7-22(15)34-25/h1-2,5-6,8-10,12H,3-4,7,13H2,(H,28,29). The van der Waals surface area contributed by atoms with Gasteiger partial charge in [0.1, 0.15) is 34.4 Å². The maximum atomic E-state index is 12.8. The highest BCUT2D eigenvalue weighted by Gasteiger charge is 2.23. The van der Waals surface area contributed by atoms with E-state index in [1.54, 1.807) is 36.4 Å². The predicted molar refractivity (Wildman–Crippen MR) is 129 cm³/mol. The second kappa shape index (κ2) is 9.21. The number of fused-ring (bicyclic) bond motifs is 2. The number of ether oxygens (including phenoxy) is 2. The van der Waals surface area contributed by atoms with Crippen LogP contribution in [0, 0.1) is 11.3 Å². The summed E-state index contributed by atoms with van der Waals surface area (Å²) < 4.78 is 16.8. The zero-order chi connectivity index (χ0) is 23.7. The number of benzene rings is 2. The van der Waals surface area contributed by atoms with Gasteiger partial charge in [-0.05, 0) is 49.1 Å². The lowest BCUT2D eigenvalue weighted by Crippen LogP contribution is -2.20. The largest absolute Gasteiger partial charge is 0.484 e. The van der Waals surface area contributed by atoms with E-state index in [4.69, 9.17) is 25.5 Å². The third kappa shape index (κ3) is 4.23. The molecular weight excluding hydrogens is 476 g/mol. The van der Waals surface area contributed by atoms with E-state index in [1.165, 1.54) is 23.7 Å². The third-order valence-corrected chi connectivity index (χ3v) is 6.95. The number of hydrogen-bond donors (Lipinski definition) is 1. The predicted octanol–water partition coefficient (Wildman–Crippen LogP) is 5.68. The summed E-state index contributed by atoms with van der Waals surface area (Å²) >= 11 is 7.54. The average molecular weight is 493 g/mol. The number of nitrogens with one attached hydrogen (secondary N) is 1. The first-order valence-electron chi connectivity index (χ1n) is 10.5. The summed E-state index contributed by atoms with van der Waals surface area (Å²) in [5.41, 5.74) is 1.52. The molecular formula is C25H17ClN2O5S. The number of halogens is 1. The minimum atomic E-state index is -0.374. The lowest BCUT2D eigenvalue weighted by Gasteiger charge is -2.09. The fraction of sp³-hybridized carbons (Fsp3) is 0.160. The summed E-state index contributed by atoms with van der Waals surface area (Å²) in [4.78, 5) is 26.4. The number of thiophene rings is 1. The van der Waals surface area contributed by atoms with Crippen LogP contribution in [0.2, 0.25) is 5.02 Å². The molecule has 1 N–H and O–H groups in total. The Bertz CT molecular complexity index is 1520. The molecule has 1 amide bonds.